The molecular weight excluding hydrogens is 226 g/mol. The molecule has 0 saturated carbocycles. The molecule has 0 aliphatic rings. The van der Waals surface area contributed by atoms with Crippen LogP contribution in [0.3, 0.4) is 0 Å². The molecule has 0 aliphatic heterocycles. The molecule has 2 aromatic heterocycles. The third-order valence-corrected chi connectivity index (χ3v) is 2.71. The Hall–Kier alpha value is -2.62. The SMILES string of the molecule is O=c1cc(-c2cccnc2)[nH]n1-c1ccccc1. The standard InChI is InChI=1S/C14H11N3O/c18-14-9-13(11-5-4-8-15-10-11)16-17(14)12-6-2-1-3-7-12/h1-10,16H. The smallest absolute Gasteiger partial charge is 0.271 e. The fourth-order valence-corrected chi connectivity index (χ4v) is 1.83. The van der Waals surface area contributed by atoms with Gasteiger partial charge in [-0.25, -0.2) is 4.68 Å². The van der Waals surface area contributed by atoms with Crippen LogP contribution in [0.5, 0.6) is 0 Å². The summed E-state index contributed by atoms with van der Waals surface area (Å²) in [4.78, 5) is 16.0. The molecule has 4 heteroatoms. The normalized spacial score (nSPS) is 10.4. The zero-order valence-electron chi connectivity index (χ0n) is 9.58. The minimum atomic E-state index is -0.0833. The molecule has 0 fully saturated rings. The maximum Gasteiger partial charge on any atom is 0.271 e. The Morgan fingerprint density at radius 3 is 2.61 bits per heavy atom. The molecule has 0 amide bonds. The number of aromatic amines is 1. The lowest BCUT2D eigenvalue weighted by Gasteiger charge is -2.01. The minimum Gasteiger partial charge on any atom is -0.290 e. The van der Waals surface area contributed by atoms with Crippen molar-refractivity contribution in [1.29, 1.82) is 0 Å². The van der Waals surface area contributed by atoms with E-state index in [4.69, 9.17) is 0 Å². The summed E-state index contributed by atoms with van der Waals surface area (Å²) in [6.07, 6.45) is 3.43. The second-order valence-electron chi connectivity index (χ2n) is 3.92. The van der Waals surface area contributed by atoms with Crippen molar-refractivity contribution in [2.24, 2.45) is 0 Å². The van der Waals surface area contributed by atoms with Gasteiger partial charge in [0.05, 0.1) is 11.4 Å². The number of H-pyrrole nitrogens is 1. The van der Waals surface area contributed by atoms with Crippen LogP contribution in [-0.4, -0.2) is 14.8 Å². The van der Waals surface area contributed by atoms with Crippen LogP contribution in [0.15, 0.2) is 65.7 Å². The molecule has 0 bridgehead atoms. The molecule has 0 unspecified atom stereocenters. The summed E-state index contributed by atoms with van der Waals surface area (Å²) >= 11 is 0. The van der Waals surface area contributed by atoms with Crippen molar-refractivity contribution in [2.75, 3.05) is 0 Å². The summed E-state index contributed by atoms with van der Waals surface area (Å²) in [5, 5.41) is 3.08. The largest absolute Gasteiger partial charge is 0.290 e. The molecule has 0 atom stereocenters. The predicted molar refractivity (Wildman–Crippen MR) is 69.6 cm³/mol. The Balaban J connectivity index is 2.10. The van der Waals surface area contributed by atoms with Crippen LogP contribution in [0.2, 0.25) is 0 Å². The predicted octanol–water partition coefficient (Wildman–Crippen LogP) is 2.23. The van der Waals surface area contributed by atoms with Crippen LogP contribution in [0.25, 0.3) is 16.9 Å². The van der Waals surface area contributed by atoms with Crippen LogP contribution >= 0.6 is 0 Å². The molecule has 0 radical (unpaired) electrons. The molecule has 2 heterocycles. The number of para-hydroxylation sites is 1. The molecule has 0 saturated heterocycles. The van der Waals surface area contributed by atoms with Gasteiger partial charge in [0.1, 0.15) is 0 Å². The van der Waals surface area contributed by atoms with E-state index >= 15 is 0 Å². The molecule has 1 N–H and O–H groups in total. The first-order valence-electron chi connectivity index (χ1n) is 5.62. The van der Waals surface area contributed by atoms with E-state index in [0.29, 0.717) is 0 Å². The fourth-order valence-electron chi connectivity index (χ4n) is 1.83. The van der Waals surface area contributed by atoms with Crippen molar-refractivity contribution in [3.63, 3.8) is 0 Å². The summed E-state index contributed by atoms with van der Waals surface area (Å²) in [5.74, 6) is 0. The average molecular weight is 237 g/mol. The average Bonchev–Trinajstić information content (AvgIpc) is 2.83. The van der Waals surface area contributed by atoms with Gasteiger partial charge in [-0.3, -0.25) is 14.9 Å². The van der Waals surface area contributed by atoms with E-state index in [0.717, 1.165) is 16.9 Å². The molecule has 4 nitrogen and oxygen atoms in total. The van der Waals surface area contributed by atoms with Crippen molar-refractivity contribution in [3.05, 3.63) is 71.3 Å². The van der Waals surface area contributed by atoms with Gasteiger partial charge < -0.3 is 0 Å². The maximum absolute atomic E-state index is 11.9. The first-order valence-corrected chi connectivity index (χ1v) is 5.62. The molecule has 3 aromatic rings. The second-order valence-corrected chi connectivity index (χ2v) is 3.92. The van der Waals surface area contributed by atoms with Gasteiger partial charge >= 0.3 is 0 Å². The number of aromatic nitrogens is 3. The fraction of sp³-hybridized carbons (Fsp3) is 0. The molecule has 1 aromatic carbocycles. The van der Waals surface area contributed by atoms with E-state index in [1.54, 1.807) is 18.5 Å². The van der Waals surface area contributed by atoms with E-state index in [2.05, 4.69) is 10.1 Å². The van der Waals surface area contributed by atoms with E-state index in [9.17, 15) is 4.79 Å². The molecule has 0 spiro atoms. The van der Waals surface area contributed by atoms with Crippen LogP contribution < -0.4 is 5.56 Å². The lowest BCUT2D eigenvalue weighted by Crippen LogP contribution is -2.12. The Kier molecular flexibility index (Phi) is 2.53. The van der Waals surface area contributed by atoms with Gasteiger partial charge in [-0.2, -0.15) is 0 Å². The Morgan fingerprint density at radius 1 is 1.06 bits per heavy atom. The maximum atomic E-state index is 11.9. The summed E-state index contributed by atoms with van der Waals surface area (Å²) in [5.41, 5.74) is 2.39. The first kappa shape index (κ1) is 10.5. The highest BCUT2D eigenvalue weighted by atomic mass is 16.1. The zero-order chi connectivity index (χ0) is 12.4. The van der Waals surface area contributed by atoms with Crippen LogP contribution in [0, 0.1) is 0 Å². The summed E-state index contributed by atoms with van der Waals surface area (Å²) in [6.45, 7) is 0. The van der Waals surface area contributed by atoms with Crippen molar-refractivity contribution in [2.45, 2.75) is 0 Å². The van der Waals surface area contributed by atoms with E-state index in [1.807, 2.05) is 42.5 Å². The molecule has 3 rings (SSSR count). The lowest BCUT2D eigenvalue weighted by molar-refractivity contribution is 0.852. The van der Waals surface area contributed by atoms with E-state index < -0.39 is 0 Å². The topological polar surface area (TPSA) is 50.7 Å². The van der Waals surface area contributed by atoms with Crippen molar-refractivity contribution in [3.8, 4) is 16.9 Å². The molecule has 88 valence electrons. The summed E-state index contributed by atoms with van der Waals surface area (Å²) in [6, 6.07) is 14.8. The first-order chi connectivity index (χ1) is 8.84. The van der Waals surface area contributed by atoms with Gasteiger partial charge in [-0.1, -0.05) is 18.2 Å². The minimum absolute atomic E-state index is 0.0833. The van der Waals surface area contributed by atoms with Gasteiger partial charge in [-0.15, -0.1) is 0 Å². The number of pyridine rings is 1. The third kappa shape index (κ3) is 1.84. The van der Waals surface area contributed by atoms with Gasteiger partial charge in [0.25, 0.3) is 5.56 Å². The second kappa shape index (κ2) is 4.33. The van der Waals surface area contributed by atoms with Crippen LogP contribution in [0.4, 0.5) is 0 Å². The Morgan fingerprint density at radius 2 is 1.89 bits per heavy atom. The molecule has 0 aliphatic carbocycles. The highest BCUT2D eigenvalue weighted by Crippen LogP contribution is 2.14. The van der Waals surface area contributed by atoms with Crippen molar-refractivity contribution in [1.82, 2.24) is 14.8 Å². The lowest BCUT2D eigenvalue weighted by atomic mass is 10.2. The molecule has 18 heavy (non-hydrogen) atoms. The monoisotopic (exact) mass is 237 g/mol. The van der Waals surface area contributed by atoms with Crippen LogP contribution in [0.1, 0.15) is 0 Å². The van der Waals surface area contributed by atoms with Crippen molar-refractivity contribution < 1.29 is 0 Å². The Bertz CT molecular complexity index is 699. The number of hydrogen-bond acceptors (Lipinski definition) is 2. The van der Waals surface area contributed by atoms with Gasteiger partial charge in [0.15, 0.2) is 0 Å². The quantitative estimate of drug-likeness (QED) is 0.743. The summed E-state index contributed by atoms with van der Waals surface area (Å²) < 4.78 is 1.52. The van der Waals surface area contributed by atoms with Gasteiger partial charge in [0.2, 0.25) is 0 Å². The highest BCUT2D eigenvalue weighted by molar-refractivity contribution is 5.57. The van der Waals surface area contributed by atoms with E-state index in [-0.39, 0.29) is 5.56 Å². The van der Waals surface area contributed by atoms with Crippen LogP contribution in [-0.2, 0) is 0 Å². The van der Waals surface area contributed by atoms with Gasteiger partial charge in [-0.05, 0) is 24.3 Å². The summed E-state index contributed by atoms with van der Waals surface area (Å²) in [7, 11) is 0. The zero-order valence-corrected chi connectivity index (χ0v) is 9.58. The number of rotatable bonds is 2. The van der Waals surface area contributed by atoms with Crippen molar-refractivity contribution >= 4 is 0 Å². The number of nitrogens with zero attached hydrogens (tertiary/aromatic N) is 2. The number of nitrogens with one attached hydrogen (secondary N) is 1. The number of hydrogen-bond donors (Lipinski definition) is 1. The molecular formula is C14H11N3O. The third-order valence-electron chi connectivity index (χ3n) is 2.71. The van der Waals surface area contributed by atoms with E-state index in [1.165, 1.54) is 4.68 Å². The Labute approximate surface area is 104 Å². The number of benzene rings is 1. The van der Waals surface area contributed by atoms with Gasteiger partial charge in [0, 0.05) is 24.0 Å². The highest BCUT2D eigenvalue weighted by Gasteiger charge is 2.06.